The number of para-hydroxylation sites is 2. The molecule has 1 saturated carbocycles. The molecule has 2 aromatic carbocycles. The average Bonchev–Trinajstić information content (AvgIpc) is 3.28. The smallest absolute Gasteiger partial charge is 0.262 e. The predicted octanol–water partition coefficient (Wildman–Crippen LogP) is 5.35. The van der Waals surface area contributed by atoms with Gasteiger partial charge in [0.1, 0.15) is 5.75 Å². The standard InChI is InChI=1S/C24H30N2O2/c27-24(25-22-10-4-5-11-23(22)26-16-6-7-17-26)18-28-21-14-12-20(13-15-21)19-8-2-1-3-9-19/h4-5,10-15,19H,1-3,6-9,16-18H2,(H,25,27). The fraction of sp³-hybridized carbons (Fsp3) is 0.458. The van der Waals surface area contributed by atoms with Crippen molar-refractivity contribution in [3.05, 3.63) is 54.1 Å². The van der Waals surface area contributed by atoms with Crippen molar-refractivity contribution in [1.29, 1.82) is 0 Å². The van der Waals surface area contributed by atoms with Crippen molar-refractivity contribution in [3.8, 4) is 5.75 Å². The highest BCUT2D eigenvalue weighted by molar-refractivity contribution is 5.95. The summed E-state index contributed by atoms with van der Waals surface area (Å²) in [5.74, 6) is 1.32. The van der Waals surface area contributed by atoms with Crippen LogP contribution in [-0.4, -0.2) is 25.6 Å². The van der Waals surface area contributed by atoms with Gasteiger partial charge < -0.3 is 15.0 Å². The third kappa shape index (κ3) is 4.67. The second-order valence-corrected chi connectivity index (χ2v) is 7.95. The number of carbonyl (C=O) groups excluding carboxylic acids is 1. The zero-order valence-corrected chi connectivity index (χ0v) is 16.5. The van der Waals surface area contributed by atoms with Crippen molar-refractivity contribution < 1.29 is 9.53 Å². The molecule has 148 valence electrons. The summed E-state index contributed by atoms with van der Waals surface area (Å²) < 4.78 is 5.72. The minimum Gasteiger partial charge on any atom is -0.484 e. The SMILES string of the molecule is O=C(COc1ccc(C2CCCCC2)cc1)Nc1ccccc1N1CCCC1. The molecule has 0 spiro atoms. The Morgan fingerprint density at radius 3 is 2.39 bits per heavy atom. The fourth-order valence-electron chi connectivity index (χ4n) is 4.42. The predicted molar refractivity (Wildman–Crippen MR) is 114 cm³/mol. The molecule has 2 aliphatic rings. The number of hydrogen-bond donors (Lipinski definition) is 1. The van der Waals surface area contributed by atoms with Crippen LogP contribution < -0.4 is 15.0 Å². The molecule has 0 radical (unpaired) electrons. The van der Waals surface area contributed by atoms with E-state index in [0.29, 0.717) is 5.92 Å². The van der Waals surface area contributed by atoms with Gasteiger partial charge in [0, 0.05) is 13.1 Å². The first-order chi connectivity index (χ1) is 13.8. The summed E-state index contributed by atoms with van der Waals surface area (Å²) in [7, 11) is 0. The molecule has 0 bridgehead atoms. The van der Waals surface area contributed by atoms with Gasteiger partial charge >= 0.3 is 0 Å². The molecule has 1 aliphatic heterocycles. The van der Waals surface area contributed by atoms with Gasteiger partial charge in [-0.2, -0.15) is 0 Å². The van der Waals surface area contributed by atoms with Gasteiger partial charge in [0.2, 0.25) is 0 Å². The zero-order chi connectivity index (χ0) is 19.2. The van der Waals surface area contributed by atoms with E-state index >= 15 is 0 Å². The maximum absolute atomic E-state index is 12.4. The number of benzene rings is 2. The summed E-state index contributed by atoms with van der Waals surface area (Å²) in [5, 5.41) is 3.02. The van der Waals surface area contributed by atoms with E-state index in [1.54, 1.807) is 0 Å². The van der Waals surface area contributed by atoms with Crippen molar-refractivity contribution in [3.63, 3.8) is 0 Å². The van der Waals surface area contributed by atoms with E-state index in [1.165, 1.54) is 50.5 Å². The van der Waals surface area contributed by atoms with Crippen molar-refractivity contribution in [2.45, 2.75) is 50.9 Å². The van der Waals surface area contributed by atoms with E-state index < -0.39 is 0 Å². The molecule has 1 aliphatic carbocycles. The average molecular weight is 379 g/mol. The molecule has 0 unspecified atom stereocenters. The topological polar surface area (TPSA) is 41.6 Å². The highest BCUT2D eigenvalue weighted by atomic mass is 16.5. The Balaban J connectivity index is 1.31. The maximum Gasteiger partial charge on any atom is 0.262 e. The van der Waals surface area contributed by atoms with Crippen LogP contribution in [0.25, 0.3) is 0 Å². The molecule has 0 atom stereocenters. The van der Waals surface area contributed by atoms with Gasteiger partial charge in [0.05, 0.1) is 11.4 Å². The summed E-state index contributed by atoms with van der Waals surface area (Å²) in [4.78, 5) is 14.7. The number of nitrogens with one attached hydrogen (secondary N) is 1. The van der Waals surface area contributed by atoms with Crippen LogP contribution in [-0.2, 0) is 4.79 Å². The molecule has 4 nitrogen and oxygen atoms in total. The number of carbonyl (C=O) groups is 1. The number of hydrogen-bond acceptors (Lipinski definition) is 3. The molecule has 4 heteroatoms. The lowest BCUT2D eigenvalue weighted by Gasteiger charge is -2.22. The van der Waals surface area contributed by atoms with Crippen molar-refractivity contribution in [2.24, 2.45) is 0 Å². The van der Waals surface area contributed by atoms with Crippen LogP contribution >= 0.6 is 0 Å². The van der Waals surface area contributed by atoms with Gasteiger partial charge in [-0.15, -0.1) is 0 Å². The van der Waals surface area contributed by atoms with Gasteiger partial charge in [0.25, 0.3) is 5.91 Å². The van der Waals surface area contributed by atoms with E-state index in [0.717, 1.165) is 30.2 Å². The molecule has 2 fully saturated rings. The van der Waals surface area contributed by atoms with E-state index in [1.807, 2.05) is 30.3 Å². The molecule has 1 amide bonds. The summed E-state index contributed by atoms with van der Waals surface area (Å²) in [6.07, 6.45) is 9.04. The summed E-state index contributed by atoms with van der Waals surface area (Å²) in [6, 6.07) is 16.3. The maximum atomic E-state index is 12.4. The van der Waals surface area contributed by atoms with Gasteiger partial charge in [-0.3, -0.25) is 4.79 Å². The van der Waals surface area contributed by atoms with Gasteiger partial charge in [0.15, 0.2) is 6.61 Å². The number of anilines is 2. The Morgan fingerprint density at radius 1 is 0.929 bits per heavy atom. The molecule has 28 heavy (non-hydrogen) atoms. The molecule has 1 heterocycles. The fourth-order valence-corrected chi connectivity index (χ4v) is 4.42. The largest absolute Gasteiger partial charge is 0.484 e. The van der Waals surface area contributed by atoms with E-state index in [9.17, 15) is 4.79 Å². The van der Waals surface area contributed by atoms with Crippen molar-refractivity contribution >= 4 is 17.3 Å². The van der Waals surface area contributed by atoms with Crippen LogP contribution in [0.1, 0.15) is 56.4 Å². The Hall–Kier alpha value is -2.49. The van der Waals surface area contributed by atoms with E-state index in [-0.39, 0.29) is 12.5 Å². The third-order valence-corrected chi connectivity index (χ3v) is 5.95. The molecule has 2 aromatic rings. The van der Waals surface area contributed by atoms with Crippen LogP contribution in [0.2, 0.25) is 0 Å². The minimum atomic E-state index is -0.122. The van der Waals surface area contributed by atoms with Gasteiger partial charge in [-0.05, 0) is 61.4 Å². The number of ether oxygens (including phenoxy) is 1. The van der Waals surface area contributed by atoms with Crippen molar-refractivity contribution in [1.82, 2.24) is 0 Å². The van der Waals surface area contributed by atoms with Crippen LogP contribution in [0.3, 0.4) is 0 Å². The van der Waals surface area contributed by atoms with Crippen LogP contribution in [0.5, 0.6) is 5.75 Å². The monoisotopic (exact) mass is 378 g/mol. The molecule has 1 saturated heterocycles. The molecule has 4 rings (SSSR count). The summed E-state index contributed by atoms with van der Waals surface area (Å²) in [6.45, 7) is 2.13. The normalized spacial score (nSPS) is 17.5. The number of amides is 1. The second kappa shape index (κ2) is 9.13. The Bertz CT molecular complexity index is 775. The zero-order valence-electron chi connectivity index (χ0n) is 16.5. The second-order valence-electron chi connectivity index (χ2n) is 7.95. The van der Waals surface area contributed by atoms with E-state index in [4.69, 9.17) is 4.74 Å². The lowest BCUT2D eigenvalue weighted by molar-refractivity contribution is -0.118. The third-order valence-electron chi connectivity index (χ3n) is 5.95. The quantitative estimate of drug-likeness (QED) is 0.736. The first kappa shape index (κ1) is 18.9. The highest BCUT2D eigenvalue weighted by Crippen LogP contribution is 2.33. The lowest BCUT2D eigenvalue weighted by Crippen LogP contribution is -2.24. The molecular weight excluding hydrogens is 348 g/mol. The molecular formula is C24H30N2O2. The van der Waals surface area contributed by atoms with Crippen LogP contribution in [0, 0.1) is 0 Å². The summed E-state index contributed by atoms with van der Waals surface area (Å²) >= 11 is 0. The van der Waals surface area contributed by atoms with Gasteiger partial charge in [-0.25, -0.2) is 0 Å². The Labute approximate surface area is 167 Å². The minimum absolute atomic E-state index is 0.0249. The Morgan fingerprint density at radius 2 is 1.64 bits per heavy atom. The lowest BCUT2D eigenvalue weighted by atomic mass is 9.84. The Kier molecular flexibility index (Phi) is 6.15. The van der Waals surface area contributed by atoms with Crippen molar-refractivity contribution in [2.75, 3.05) is 29.9 Å². The molecule has 1 N–H and O–H groups in total. The van der Waals surface area contributed by atoms with E-state index in [2.05, 4.69) is 28.4 Å². The van der Waals surface area contributed by atoms with Gasteiger partial charge in [-0.1, -0.05) is 43.5 Å². The first-order valence-corrected chi connectivity index (χ1v) is 10.7. The first-order valence-electron chi connectivity index (χ1n) is 10.7. The highest BCUT2D eigenvalue weighted by Gasteiger charge is 2.17. The molecule has 0 aromatic heterocycles. The number of nitrogens with zero attached hydrogens (tertiary/aromatic N) is 1. The van der Waals surface area contributed by atoms with Crippen LogP contribution in [0.4, 0.5) is 11.4 Å². The number of rotatable bonds is 6. The summed E-state index contributed by atoms with van der Waals surface area (Å²) in [5.41, 5.74) is 3.37. The van der Waals surface area contributed by atoms with Crippen LogP contribution in [0.15, 0.2) is 48.5 Å².